The lowest BCUT2D eigenvalue weighted by Crippen LogP contribution is -2.21. The summed E-state index contributed by atoms with van der Waals surface area (Å²) in [5.74, 6) is -0.664. The van der Waals surface area contributed by atoms with Gasteiger partial charge in [0.15, 0.2) is 0 Å². The lowest BCUT2D eigenvalue weighted by atomic mass is 10.2. The van der Waals surface area contributed by atoms with Gasteiger partial charge in [-0.05, 0) is 30.3 Å². The van der Waals surface area contributed by atoms with Crippen LogP contribution in [0, 0.1) is 0 Å². The Balaban J connectivity index is 1.78. The van der Waals surface area contributed by atoms with Crippen LogP contribution in [0.4, 0.5) is 16.3 Å². The molecular weight excluding hydrogens is 318 g/mol. The van der Waals surface area contributed by atoms with Gasteiger partial charge < -0.3 is 15.4 Å². The fraction of sp³-hybridized carbons (Fsp3) is 0. The van der Waals surface area contributed by atoms with E-state index in [2.05, 4.69) is 15.6 Å². The molecule has 2 amide bonds. The van der Waals surface area contributed by atoms with Crippen LogP contribution in [0.25, 0.3) is 10.9 Å². The van der Waals surface area contributed by atoms with Gasteiger partial charge in [-0.1, -0.05) is 29.8 Å². The van der Waals surface area contributed by atoms with Gasteiger partial charge in [-0.3, -0.25) is 5.32 Å². The monoisotopic (exact) mass is 329 g/mol. The summed E-state index contributed by atoms with van der Waals surface area (Å²) in [6.45, 7) is 0. The van der Waals surface area contributed by atoms with E-state index in [1.165, 1.54) is 18.2 Å². The molecule has 0 aliphatic carbocycles. The van der Waals surface area contributed by atoms with Gasteiger partial charge >= 0.3 is 12.0 Å². The third kappa shape index (κ3) is 3.27. The smallest absolute Gasteiger partial charge is 0.337 e. The quantitative estimate of drug-likeness (QED) is 0.581. The Morgan fingerprint density at radius 1 is 1.04 bits per heavy atom. The van der Waals surface area contributed by atoms with Crippen molar-refractivity contribution in [2.24, 2.45) is 0 Å². The summed E-state index contributed by atoms with van der Waals surface area (Å²) in [6, 6.07) is 13.0. The average molecular weight is 330 g/mol. The number of carboxylic acids is 1. The molecule has 6 nitrogen and oxygen atoms in total. The second-order valence-electron chi connectivity index (χ2n) is 4.84. The predicted molar refractivity (Wildman–Crippen MR) is 89.4 cm³/mol. The number of carbonyl (C=O) groups is 2. The van der Waals surface area contributed by atoms with Crippen LogP contribution in [0.15, 0.2) is 48.5 Å². The second-order valence-corrected chi connectivity index (χ2v) is 5.28. The van der Waals surface area contributed by atoms with Crippen molar-refractivity contribution in [3.05, 3.63) is 59.1 Å². The molecule has 0 saturated carbocycles. The molecule has 0 spiro atoms. The van der Waals surface area contributed by atoms with Crippen molar-refractivity contribution in [2.45, 2.75) is 0 Å². The molecule has 23 heavy (non-hydrogen) atoms. The molecule has 0 saturated heterocycles. The first-order valence-corrected chi connectivity index (χ1v) is 7.09. The number of halogens is 1. The van der Waals surface area contributed by atoms with E-state index >= 15 is 0 Å². The first-order valence-electron chi connectivity index (χ1n) is 6.71. The fourth-order valence-electron chi connectivity index (χ4n) is 2.22. The minimum atomic E-state index is -1.17. The third-order valence-electron chi connectivity index (χ3n) is 3.24. The Morgan fingerprint density at radius 2 is 1.83 bits per heavy atom. The molecule has 1 aromatic heterocycles. The van der Waals surface area contributed by atoms with E-state index in [-0.39, 0.29) is 16.3 Å². The Labute approximate surface area is 136 Å². The molecular formula is C16H12ClN3O3. The second kappa shape index (κ2) is 6.02. The van der Waals surface area contributed by atoms with Crippen molar-refractivity contribution in [3.8, 4) is 0 Å². The molecule has 0 bridgehead atoms. The summed E-state index contributed by atoms with van der Waals surface area (Å²) in [7, 11) is 0. The van der Waals surface area contributed by atoms with E-state index < -0.39 is 12.0 Å². The normalized spacial score (nSPS) is 10.5. The van der Waals surface area contributed by atoms with Gasteiger partial charge in [-0.25, -0.2) is 9.59 Å². The Hall–Kier alpha value is -2.99. The summed E-state index contributed by atoms with van der Waals surface area (Å²) in [5.41, 5.74) is 0.973. The zero-order chi connectivity index (χ0) is 16.4. The Kier molecular flexibility index (Phi) is 3.91. The zero-order valence-corrected chi connectivity index (χ0v) is 12.5. The van der Waals surface area contributed by atoms with Gasteiger partial charge in [0.05, 0.1) is 11.3 Å². The van der Waals surface area contributed by atoms with Crippen LogP contribution in [-0.4, -0.2) is 22.1 Å². The van der Waals surface area contributed by atoms with E-state index in [0.717, 1.165) is 10.9 Å². The molecule has 0 radical (unpaired) electrons. The number of aromatic amines is 1. The first-order chi connectivity index (χ1) is 11.0. The molecule has 0 unspecified atom stereocenters. The SMILES string of the molecule is O=C(Nc1cc2ccccc2[nH]1)Nc1ccc(Cl)cc1C(=O)O. The van der Waals surface area contributed by atoms with E-state index in [4.69, 9.17) is 16.7 Å². The van der Waals surface area contributed by atoms with Gasteiger partial charge in [-0.15, -0.1) is 0 Å². The molecule has 3 rings (SSSR count). The van der Waals surface area contributed by atoms with E-state index in [0.29, 0.717) is 5.82 Å². The fourth-order valence-corrected chi connectivity index (χ4v) is 2.39. The molecule has 0 aliphatic heterocycles. The van der Waals surface area contributed by atoms with Gasteiger partial charge in [-0.2, -0.15) is 0 Å². The minimum absolute atomic E-state index is 0.0794. The summed E-state index contributed by atoms with van der Waals surface area (Å²) < 4.78 is 0. The number of hydrogen-bond acceptors (Lipinski definition) is 2. The van der Waals surface area contributed by atoms with Gasteiger partial charge in [0, 0.05) is 15.9 Å². The predicted octanol–water partition coefficient (Wildman–Crippen LogP) is 4.16. The molecule has 0 atom stereocenters. The maximum absolute atomic E-state index is 12.1. The highest BCUT2D eigenvalue weighted by Crippen LogP contribution is 2.22. The highest BCUT2D eigenvalue weighted by atomic mass is 35.5. The third-order valence-corrected chi connectivity index (χ3v) is 3.47. The van der Waals surface area contributed by atoms with Crippen LogP contribution >= 0.6 is 11.6 Å². The van der Waals surface area contributed by atoms with E-state index in [9.17, 15) is 9.59 Å². The van der Waals surface area contributed by atoms with Crippen LogP contribution in [-0.2, 0) is 0 Å². The van der Waals surface area contributed by atoms with Crippen molar-refractivity contribution in [3.63, 3.8) is 0 Å². The van der Waals surface area contributed by atoms with Crippen molar-refractivity contribution in [1.82, 2.24) is 4.98 Å². The number of urea groups is 1. The Bertz CT molecular complexity index is 871. The maximum atomic E-state index is 12.1. The van der Waals surface area contributed by atoms with Crippen LogP contribution < -0.4 is 10.6 Å². The largest absolute Gasteiger partial charge is 0.478 e. The number of fused-ring (bicyclic) bond motifs is 1. The molecule has 0 aliphatic rings. The minimum Gasteiger partial charge on any atom is -0.478 e. The molecule has 3 aromatic rings. The Morgan fingerprint density at radius 3 is 2.57 bits per heavy atom. The topological polar surface area (TPSA) is 94.2 Å². The van der Waals surface area contributed by atoms with Gasteiger partial charge in [0.25, 0.3) is 0 Å². The standard InChI is InChI=1S/C16H12ClN3O3/c17-10-5-6-13(11(8-10)15(21)22)19-16(23)20-14-7-9-3-1-2-4-12(9)18-14/h1-8,18H,(H,21,22)(H2,19,20,23). The first kappa shape index (κ1) is 14.9. The number of carboxylic acid groups (broad SMARTS) is 1. The van der Waals surface area contributed by atoms with E-state index in [1.807, 2.05) is 24.3 Å². The number of amides is 2. The molecule has 1 heterocycles. The average Bonchev–Trinajstić information content (AvgIpc) is 2.90. The molecule has 7 heteroatoms. The lowest BCUT2D eigenvalue weighted by molar-refractivity contribution is 0.0698. The number of hydrogen-bond donors (Lipinski definition) is 4. The number of para-hydroxylation sites is 1. The number of H-pyrrole nitrogens is 1. The lowest BCUT2D eigenvalue weighted by Gasteiger charge is -2.09. The number of carbonyl (C=O) groups excluding carboxylic acids is 1. The molecule has 0 fully saturated rings. The molecule has 2 aromatic carbocycles. The highest BCUT2D eigenvalue weighted by molar-refractivity contribution is 6.31. The van der Waals surface area contributed by atoms with Crippen LogP contribution in [0.1, 0.15) is 10.4 Å². The van der Waals surface area contributed by atoms with Crippen LogP contribution in [0.3, 0.4) is 0 Å². The van der Waals surface area contributed by atoms with Crippen LogP contribution in [0.5, 0.6) is 0 Å². The van der Waals surface area contributed by atoms with Gasteiger partial charge in [0.1, 0.15) is 5.82 Å². The summed E-state index contributed by atoms with van der Waals surface area (Å²) in [6.07, 6.45) is 0. The maximum Gasteiger partial charge on any atom is 0.337 e. The van der Waals surface area contributed by atoms with E-state index in [1.54, 1.807) is 6.07 Å². The number of rotatable bonds is 3. The zero-order valence-electron chi connectivity index (χ0n) is 11.8. The number of benzene rings is 2. The van der Waals surface area contributed by atoms with Crippen molar-refractivity contribution in [2.75, 3.05) is 10.6 Å². The van der Waals surface area contributed by atoms with Crippen LogP contribution in [0.2, 0.25) is 5.02 Å². The molecule has 116 valence electrons. The molecule has 4 N–H and O–H groups in total. The summed E-state index contributed by atoms with van der Waals surface area (Å²) in [4.78, 5) is 26.3. The number of nitrogens with one attached hydrogen (secondary N) is 3. The van der Waals surface area contributed by atoms with Crippen molar-refractivity contribution in [1.29, 1.82) is 0 Å². The number of aromatic carboxylic acids is 1. The summed E-state index contributed by atoms with van der Waals surface area (Å²) >= 11 is 5.78. The van der Waals surface area contributed by atoms with Crippen molar-refractivity contribution < 1.29 is 14.7 Å². The highest BCUT2D eigenvalue weighted by Gasteiger charge is 2.13. The van der Waals surface area contributed by atoms with Gasteiger partial charge in [0.2, 0.25) is 0 Å². The number of aromatic nitrogens is 1. The summed E-state index contributed by atoms with van der Waals surface area (Å²) in [5, 5.41) is 15.5. The number of anilines is 2. The van der Waals surface area contributed by atoms with Crippen molar-refractivity contribution >= 4 is 46.0 Å².